The average Bonchev–Trinajstić information content (AvgIpc) is 3.01. The molecule has 6 heteroatoms. The largest absolute Gasteiger partial charge is 0.378 e. The van der Waals surface area contributed by atoms with Crippen LogP contribution in [0.4, 0.5) is 17.1 Å². The Morgan fingerprint density at radius 3 is 2.09 bits per heavy atom. The summed E-state index contributed by atoms with van der Waals surface area (Å²) in [6.07, 6.45) is 0. The van der Waals surface area contributed by atoms with Gasteiger partial charge in [-0.3, -0.25) is 9.59 Å². The smallest absolute Gasteiger partial charge is 0.282 e. The molecular weight excluding hydrogens is 434 g/mol. The zero-order chi connectivity index (χ0) is 23.9. The van der Waals surface area contributed by atoms with Crippen LogP contribution in [0.25, 0.3) is 5.57 Å². The summed E-state index contributed by atoms with van der Waals surface area (Å²) < 4.78 is 0. The van der Waals surface area contributed by atoms with Gasteiger partial charge in [0, 0.05) is 30.5 Å². The summed E-state index contributed by atoms with van der Waals surface area (Å²) in [6.45, 7) is 5.92. The fraction of sp³-hybridized carbons (Fsp3) is 0.185. The van der Waals surface area contributed by atoms with Gasteiger partial charge in [0.25, 0.3) is 11.8 Å². The molecule has 0 saturated carbocycles. The Balaban J connectivity index is 1.82. The van der Waals surface area contributed by atoms with Gasteiger partial charge in [0.1, 0.15) is 5.70 Å². The third kappa shape index (κ3) is 4.24. The van der Waals surface area contributed by atoms with E-state index in [9.17, 15) is 9.59 Å². The van der Waals surface area contributed by atoms with Crippen LogP contribution in [0.5, 0.6) is 0 Å². The van der Waals surface area contributed by atoms with Gasteiger partial charge in [-0.1, -0.05) is 29.8 Å². The Morgan fingerprint density at radius 2 is 1.48 bits per heavy atom. The zero-order valence-corrected chi connectivity index (χ0v) is 20.1. The van der Waals surface area contributed by atoms with E-state index in [1.165, 1.54) is 4.90 Å². The van der Waals surface area contributed by atoms with E-state index < -0.39 is 0 Å². The van der Waals surface area contributed by atoms with Crippen molar-refractivity contribution in [1.29, 1.82) is 0 Å². The lowest BCUT2D eigenvalue weighted by Gasteiger charge is -2.18. The van der Waals surface area contributed by atoms with Crippen molar-refractivity contribution in [1.82, 2.24) is 0 Å². The van der Waals surface area contributed by atoms with Crippen LogP contribution in [0.3, 0.4) is 0 Å². The minimum Gasteiger partial charge on any atom is -0.378 e. The number of carbonyl (C=O) groups excluding carboxylic acids is 2. The van der Waals surface area contributed by atoms with E-state index in [-0.39, 0.29) is 17.5 Å². The molecular formula is C27H26ClN3O2. The average molecular weight is 460 g/mol. The van der Waals surface area contributed by atoms with Gasteiger partial charge in [0.05, 0.1) is 11.3 Å². The number of amides is 2. The molecule has 4 rings (SSSR count). The van der Waals surface area contributed by atoms with Crippen LogP contribution in [0.1, 0.15) is 22.3 Å². The third-order valence-corrected chi connectivity index (χ3v) is 6.19. The van der Waals surface area contributed by atoms with Crippen LogP contribution in [0.15, 0.2) is 66.4 Å². The summed E-state index contributed by atoms with van der Waals surface area (Å²) in [5, 5.41) is 3.84. The first kappa shape index (κ1) is 22.6. The fourth-order valence-electron chi connectivity index (χ4n) is 3.85. The third-order valence-electron chi connectivity index (χ3n) is 5.95. The minimum absolute atomic E-state index is 0.255. The highest BCUT2D eigenvalue weighted by molar-refractivity contribution is 6.46. The number of imide groups is 1. The van der Waals surface area contributed by atoms with Crippen LogP contribution >= 0.6 is 11.6 Å². The molecule has 1 aliphatic heterocycles. The highest BCUT2D eigenvalue weighted by Gasteiger charge is 2.40. The Bertz CT molecular complexity index is 1290. The van der Waals surface area contributed by atoms with E-state index in [1.807, 2.05) is 82.2 Å². The van der Waals surface area contributed by atoms with Crippen molar-refractivity contribution >= 4 is 46.1 Å². The highest BCUT2D eigenvalue weighted by atomic mass is 35.5. The van der Waals surface area contributed by atoms with Crippen molar-refractivity contribution < 1.29 is 9.59 Å². The Morgan fingerprint density at radius 1 is 0.788 bits per heavy atom. The maximum Gasteiger partial charge on any atom is 0.282 e. The molecule has 0 aliphatic carbocycles. The van der Waals surface area contributed by atoms with E-state index in [2.05, 4.69) is 5.32 Å². The SMILES string of the molecule is Cc1ccc(C2=C(Nc3ccc(Cl)cc3C)C(=O)N(c3ccc(N(C)C)cc3)C2=O)cc1C. The molecule has 3 aromatic rings. The number of anilines is 3. The topological polar surface area (TPSA) is 52.7 Å². The number of hydrogen-bond donors (Lipinski definition) is 1. The molecule has 168 valence electrons. The van der Waals surface area contributed by atoms with Gasteiger partial charge in [-0.05, 0) is 85.5 Å². The van der Waals surface area contributed by atoms with Crippen molar-refractivity contribution in [3.8, 4) is 0 Å². The quantitative estimate of drug-likeness (QED) is 0.495. The molecule has 0 radical (unpaired) electrons. The Kier molecular flexibility index (Phi) is 6.00. The van der Waals surface area contributed by atoms with Crippen molar-refractivity contribution in [2.75, 3.05) is 29.2 Å². The standard InChI is InChI=1S/C27H26ClN3O2/c1-16-6-7-19(14-17(16)2)24-25(29-23-13-8-20(28)15-18(23)3)27(33)31(26(24)32)22-11-9-21(10-12-22)30(4)5/h6-15,29H,1-5H3. The first-order valence-corrected chi connectivity index (χ1v) is 11.1. The summed E-state index contributed by atoms with van der Waals surface area (Å²) in [4.78, 5) is 30.4. The van der Waals surface area contributed by atoms with Gasteiger partial charge in [0.2, 0.25) is 0 Å². The maximum absolute atomic E-state index is 13.6. The molecule has 0 saturated heterocycles. The number of benzene rings is 3. The number of nitrogens with one attached hydrogen (secondary N) is 1. The number of halogens is 1. The normalized spacial score (nSPS) is 13.7. The summed E-state index contributed by atoms with van der Waals surface area (Å²) in [6, 6.07) is 18.6. The molecule has 1 aliphatic rings. The fourth-order valence-corrected chi connectivity index (χ4v) is 4.07. The molecule has 0 aromatic heterocycles. The van der Waals surface area contributed by atoms with Gasteiger partial charge < -0.3 is 10.2 Å². The van der Waals surface area contributed by atoms with Crippen molar-refractivity contribution in [3.63, 3.8) is 0 Å². The number of rotatable bonds is 5. The van der Waals surface area contributed by atoms with Gasteiger partial charge in [0.15, 0.2) is 0 Å². The second kappa shape index (κ2) is 8.75. The zero-order valence-electron chi connectivity index (χ0n) is 19.4. The van der Waals surface area contributed by atoms with Crippen LogP contribution in [-0.2, 0) is 9.59 Å². The van der Waals surface area contributed by atoms with E-state index in [0.717, 1.165) is 28.1 Å². The van der Waals surface area contributed by atoms with Gasteiger partial charge in [-0.2, -0.15) is 0 Å². The first-order chi connectivity index (χ1) is 15.7. The van der Waals surface area contributed by atoms with Crippen molar-refractivity contribution in [2.45, 2.75) is 20.8 Å². The van der Waals surface area contributed by atoms with Crippen LogP contribution < -0.4 is 15.1 Å². The van der Waals surface area contributed by atoms with E-state index >= 15 is 0 Å². The molecule has 0 atom stereocenters. The Hall–Kier alpha value is -3.57. The summed E-state index contributed by atoms with van der Waals surface area (Å²) in [7, 11) is 3.88. The van der Waals surface area contributed by atoms with E-state index in [0.29, 0.717) is 21.8 Å². The number of aryl methyl sites for hydroxylation is 3. The maximum atomic E-state index is 13.6. The van der Waals surface area contributed by atoms with Crippen molar-refractivity contribution in [3.05, 3.63) is 93.6 Å². The summed E-state index contributed by atoms with van der Waals surface area (Å²) >= 11 is 6.11. The molecule has 1 heterocycles. The summed E-state index contributed by atoms with van der Waals surface area (Å²) in [5.41, 5.74) is 6.60. The number of carbonyl (C=O) groups is 2. The lowest BCUT2D eigenvalue weighted by atomic mass is 9.99. The molecule has 1 N–H and O–H groups in total. The molecule has 33 heavy (non-hydrogen) atoms. The molecule has 0 unspecified atom stereocenters. The molecule has 3 aromatic carbocycles. The first-order valence-electron chi connectivity index (χ1n) is 10.7. The second-order valence-corrected chi connectivity index (χ2v) is 8.93. The number of hydrogen-bond acceptors (Lipinski definition) is 4. The van der Waals surface area contributed by atoms with Gasteiger partial charge in [-0.15, -0.1) is 0 Å². The predicted molar refractivity (Wildman–Crippen MR) is 136 cm³/mol. The van der Waals surface area contributed by atoms with E-state index in [4.69, 9.17) is 11.6 Å². The monoisotopic (exact) mass is 459 g/mol. The van der Waals surface area contributed by atoms with Crippen LogP contribution in [-0.4, -0.2) is 25.9 Å². The lowest BCUT2D eigenvalue weighted by molar-refractivity contribution is -0.120. The minimum atomic E-state index is -0.389. The number of nitrogens with zero attached hydrogens (tertiary/aromatic N) is 2. The predicted octanol–water partition coefficient (Wildman–Crippen LogP) is 5.73. The van der Waals surface area contributed by atoms with Crippen LogP contribution in [0, 0.1) is 20.8 Å². The van der Waals surface area contributed by atoms with E-state index in [1.54, 1.807) is 18.2 Å². The molecule has 0 fully saturated rings. The molecule has 0 bridgehead atoms. The molecule has 5 nitrogen and oxygen atoms in total. The molecule has 2 amide bonds. The van der Waals surface area contributed by atoms with Crippen molar-refractivity contribution in [2.24, 2.45) is 0 Å². The van der Waals surface area contributed by atoms with Gasteiger partial charge >= 0.3 is 0 Å². The van der Waals surface area contributed by atoms with Crippen LogP contribution in [0.2, 0.25) is 5.02 Å². The van der Waals surface area contributed by atoms with Gasteiger partial charge in [-0.25, -0.2) is 4.90 Å². The second-order valence-electron chi connectivity index (χ2n) is 8.49. The Labute approximate surface area is 199 Å². The highest BCUT2D eigenvalue weighted by Crippen LogP contribution is 2.35. The molecule has 0 spiro atoms. The lowest BCUT2D eigenvalue weighted by Crippen LogP contribution is -2.32. The summed E-state index contributed by atoms with van der Waals surface area (Å²) in [5.74, 6) is -0.741.